The summed E-state index contributed by atoms with van der Waals surface area (Å²) in [6.07, 6.45) is 1.74. The van der Waals surface area contributed by atoms with E-state index in [0.29, 0.717) is 47.9 Å². The summed E-state index contributed by atoms with van der Waals surface area (Å²) < 4.78 is 11.8. The Morgan fingerprint density at radius 1 is 1.14 bits per heavy atom. The largest absolute Gasteiger partial charge is 0.493 e. The summed E-state index contributed by atoms with van der Waals surface area (Å²) in [5.41, 5.74) is 1.55. The Morgan fingerprint density at radius 3 is 2.52 bits per heavy atom. The number of benzene rings is 2. The molecule has 0 bridgehead atoms. The number of likely N-dealkylation sites (N-methyl/N-ethyl adjacent to an activating group) is 1. The Hall–Kier alpha value is -1.44. The zero-order valence-electron chi connectivity index (χ0n) is 15.5. The molecule has 1 amide bonds. The summed E-state index contributed by atoms with van der Waals surface area (Å²) in [5.74, 6) is 0.741. The molecule has 0 saturated carbocycles. The minimum absolute atomic E-state index is 0.113. The summed E-state index contributed by atoms with van der Waals surface area (Å²) in [4.78, 5) is 14.5. The second-order valence-corrected chi connectivity index (χ2v) is 8.89. The van der Waals surface area contributed by atoms with Crippen molar-refractivity contribution in [2.24, 2.45) is 0 Å². The Labute approximate surface area is 193 Å². The number of halogens is 3. The molecule has 152 valence electrons. The number of rotatable bonds is 6. The Kier molecular flexibility index (Phi) is 7.35. The number of carbonyl (C=O) groups is 1. The summed E-state index contributed by atoms with van der Waals surface area (Å²) in [5, 5.41) is 1.29. The van der Waals surface area contributed by atoms with Gasteiger partial charge in [0.1, 0.15) is 10.9 Å². The first-order valence-electron chi connectivity index (χ1n) is 8.53. The molecular formula is C20H16Cl3NO3S2. The Bertz CT molecular complexity index is 1010. The standard InChI is InChI=1S/C20H16Cl3NO3S2/c1-3-24-19(25)17(29-20(24)28)9-12-7-15(23)18(16(8-12)26-2)27-10-11-4-5-13(21)14(22)6-11/h4-9H,3,10H2,1-2H3/b17-9-. The molecule has 0 radical (unpaired) electrons. The van der Waals surface area contributed by atoms with Gasteiger partial charge in [-0.15, -0.1) is 0 Å². The van der Waals surface area contributed by atoms with Gasteiger partial charge in [-0.2, -0.15) is 0 Å². The van der Waals surface area contributed by atoms with Crippen LogP contribution in [0.3, 0.4) is 0 Å². The minimum atomic E-state index is -0.113. The number of ether oxygens (including phenoxy) is 2. The SMILES string of the molecule is CCN1C(=O)/C(=C/c2cc(Cl)c(OCc3ccc(Cl)c(Cl)c3)c(OC)c2)SC1=S. The van der Waals surface area contributed by atoms with Gasteiger partial charge in [-0.05, 0) is 48.4 Å². The van der Waals surface area contributed by atoms with Crippen molar-refractivity contribution >= 4 is 75.1 Å². The highest BCUT2D eigenvalue weighted by Gasteiger charge is 2.30. The van der Waals surface area contributed by atoms with Crippen LogP contribution >= 0.6 is 58.8 Å². The van der Waals surface area contributed by atoms with Crippen molar-refractivity contribution in [3.8, 4) is 11.5 Å². The molecule has 2 aromatic rings. The lowest BCUT2D eigenvalue weighted by Gasteiger charge is -2.14. The van der Waals surface area contributed by atoms with Crippen molar-refractivity contribution < 1.29 is 14.3 Å². The highest BCUT2D eigenvalue weighted by Crippen LogP contribution is 2.39. The fourth-order valence-electron chi connectivity index (χ4n) is 2.67. The molecule has 1 fully saturated rings. The smallest absolute Gasteiger partial charge is 0.266 e. The monoisotopic (exact) mass is 487 g/mol. The third kappa shape index (κ3) is 5.01. The molecule has 29 heavy (non-hydrogen) atoms. The summed E-state index contributed by atoms with van der Waals surface area (Å²) in [6, 6.07) is 8.73. The number of thioether (sulfide) groups is 1. The highest BCUT2D eigenvalue weighted by molar-refractivity contribution is 8.26. The van der Waals surface area contributed by atoms with Gasteiger partial charge < -0.3 is 9.47 Å². The van der Waals surface area contributed by atoms with Crippen LogP contribution in [0.25, 0.3) is 6.08 Å². The average molecular weight is 489 g/mol. The number of carbonyl (C=O) groups excluding carboxylic acids is 1. The molecule has 3 rings (SSSR count). The minimum Gasteiger partial charge on any atom is -0.493 e. The number of hydrogen-bond donors (Lipinski definition) is 0. The third-order valence-corrected chi connectivity index (χ3v) is 6.50. The molecule has 0 spiro atoms. The fraction of sp³-hybridized carbons (Fsp3) is 0.200. The van der Waals surface area contributed by atoms with E-state index in [1.54, 1.807) is 35.2 Å². The van der Waals surface area contributed by atoms with Crippen LogP contribution in [0.1, 0.15) is 18.1 Å². The van der Waals surface area contributed by atoms with Crippen molar-refractivity contribution in [3.05, 3.63) is 61.4 Å². The Morgan fingerprint density at radius 2 is 1.90 bits per heavy atom. The van der Waals surface area contributed by atoms with Crippen molar-refractivity contribution in [1.82, 2.24) is 4.90 Å². The van der Waals surface area contributed by atoms with E-state index in [-0.39, 0.29) is 12.5 Å². The maximum Gasteiger partial charge on any atom is 0.266 e. The predicted molar refractivity (Wildman–Crippen MR) is 124 cm³/mol. The van der Waals surface area contributed by atoms with Crippen molar-refractivity contribution in [1.29, 1.82) is 0 Å². The highest BCUT2D eigenvalue weighted by atomic mass is 35.5. The lowest BCUT2D eigenvalue weighted by molar-refractivity contribution is -0.121. The molecule has 0 aromatic heterocycles. The number of hydrogen-bond acceptors (Lipinski definition) is 5. The number of amides is 1. The quantitative estimate of drug-likeness (QED) is 0.345. The van der Waals surface area contributed by atoms with Crippen LogP contribution in [0.4, 0.5) is 0 Å². The van der Waals surface area contributed by atoms with E-state index in [1.807, 2.05) is 13.0 Å². The second kappa shape index (κ2) is 9.58. The van der Waals surface area contributed by atoms with Gasteiger partial charge in [0.25, 0.3) is 5.91 Å². The molecule has 1 heterocycles. The van der Waals surface area contributed by atoms with Crippen LogP contribution < -0.4 is 9.47 Å². The zero-order valence-corrected chi connectivity index (χ0v) is 19.4. The van der Waals surface area contributed by atoms with Gasteiger partial charge in [0, 0.05) is 6.54 Å². The van der Waals surface area contributed by atoms with E-state index in [1.165, 1.54) is 18.9 Å². The molecule has 0 aliphatic carbocycles. The van der Waals surface area contributed by atoms with Crippen LogP contribution in [0.2, 0.25) is 15.1 Å². The van der Waals surface area contributed by atoms with Gasteiger partial charge >= 0.3 is 0 Å². The lowest BCUT2D eigenvalue weighted by atomic mass is 10.1. The first-order valence-corrected chi connectivity index (χ1v) is 10.9. The molecule has 1 aliphatic heterocycles. The van der Waals surface area contributed by atoms with E-state index in [4.69, 9.17) is 56.5 Å². The van der Waals surface area contributed by atoms with Gasteiger partial charge in [-0.25, -0.2) is 0 Å². The first-order chi connectivity index (χ1) is 13.8. The van der Waals surface area contributed by atoms with Crippen molar-refractivity contribution in [2.75, 3.05) is 13.7 Å². The van der Waals surface area contributed by atoms with Gasteiger partial charge in [0.05, 0.1) is 27.1 Å². The van der Waals surface area contributed by atoms with Crippen LogP contribution in [0, 0.1) is 0 Å². The normalized spacial score (nSPS) is 15.3. The molecule has 0 N–H and O–H groups in total. The molecule has 0 unspecified atom stereocenters. The molecule has 4 nitrogen and oxygen atoms in total. The molecule has 2 aromatic carbocycles. The van der Waals surface area contributed by atoms with Crippen molar-refractivity contribution in [3.63, 3.8) is 0 Å². The molecule has 1 saturated heterocycles. The van der Waals surface area contributed by atoms with Gasteiger partial charge in [0.15, 0.2) is 11.5 Å². The molecular weight excluding hydrogens is 473 g/mol. The maximum absolute atomic E-state index is 12.4. The van der Waals surface area contributed by atoms with Gasteiger partial charge in [-0.1, -0.05) is 64.8 Å². The van der Waals surface area contributed by atoms with Crippen LogP contribution in [0.15, 0.2) is 35.2 Å². The number of nitrogens with zero attached hydrogens (tertiary/aromatic N) is 1. The first kappa shape index (κ1) is 22.2. The molecule has 0 atom stereocenters. The van der Waals surface area contributed by atoms with E-state index in [2.05, 4.69) is 0 Å². The van der Waals surface area contributed by atoms with E-state index < -0.39 is 0 Å². The summed E-state index contributed by atoms with van der Waals surface area (Å²) in [6.45, 7) is 2.66. The molecule has 1 aliphatic rings. The van der Waals surface area contributed by atoms with E-state index in [9.17, 15) is 4.79 Å². The molecule has 9 heteroatoms. The van der Waals surface area contributed by atoms with E-state index in [0.717, 1.165) is 5.56 Å². The number of thiocarbonyl (C=S) groups is 1. The third-order valence-electron chi connectivity index (χ3n) is 4.11. The van der Waals surface area contributed by atoms with Crippen LogP contribution in [-0.2, 0) is 11.4 Å². The van der Waals surface area contributed by atoms with Crippen LogP contribution in [-0.4, -0.2) is 28.8 Å². The second-order valence-electron chi connectivity index (χ2n) is 6.00. The van der Waals surface area contributed by atoms with Crippen LogP contribution in [0.5, 0.6) is 11.5 Å². The average Bonchev–Trinajstić information content (AvgIpc) is 2.95. The van der Waals surface area contributed by atoms with E-state index >= 15 is 0 Å². The summed E-state index contributed by atoms with van der Waals surface area (Å²) >= 11 is 24.9. The zero-order chi connectivity index (χ0) is 21.1. The fourth-order valence-corrected chi connectivity index (χ4v) is 4.65. The van der Waals surface area contributed by atoms with Crippen molar-refractivity contribution in [2.45, 2.75) is 13.5 Å². The summed E-state index contributed by atoms with van der Waals surface area (Å²) in [7, 11) is 1.53. The topological polar surface area (TPSA) is 38.8 Å². The van der Waals surface area contributed by atoms with Gasteiger partial charge in [0.2, 0.25) is 0 Å². The number of methoxy groups -OCH3 is 1. The Balaban J connectivity index is 1.84. The van der Waals surface area contributed by atoms with Gasteiger partial charge in [-0.3, -0.25) is 9.69 Å². The predicted octanol–water partition coefficient (Wildman–Crippen LogP) is 6.46. The maximum atomic E-state index is 12.4. The lowest BCUT2D eigenvalue weighted by Crippen LogP contribution is -2.27.